The summed E-state index contributed by atoms with van der Waals surface area (Å²) in [6, 6.07) is 0. The van der Waals surface area contributed by atoms with Crippen LogP contribution in [-0.2, 0) is 0 Å². The Balaban J connectivity index is 2.13. The van der Waals surface area contributed by atoms with Crippen molar-refractivity contribution in [2.45, 2.75) is 59.0 Å². The van der Waals surface area contributed by atoms with Crippen molar-refractivity contribution in [1.29, 1.82) is 0 Å². The molecule has 0 aromatic heterocycles. The van der Waals surface area contributed by atoms with Crippen LogP contribution in [0.15, 0.2) is 0 Å². The molecule has 0 bridgehead atoms. The first-order chi connectivity index (χ1) is 7.13. The Morgan fingerprint density at radius 3 is 2.53 bits per heavy atom. The molecule has 1 nitrogen and oxygen atoms in total. The van der Waals surface area contributed by atoms with Gasteiger partial charge in [-0.2, -0.15) is 0 Å². The first kappa shape index (κ1) is 11.4. The molecule has 6 atom stereocenters. The van der Waals surface area contributed by atoms with Crippen LogP contribution < -0.4 is 0 Å². The zero-order valence-electron chi connectivity index (χ0n) is 10.4. The highest BCUT2D eigenvalue weighted by Gasteiger charge is 2.43. The van der Waals surface area contributed by atoms with E-state index in [-0.39, 0.29) is 6.10 Å². The second kappa shape index (κ2) is 4.45. The molecule has 88 valence electrons. The van der Waals surface area contributed by atoms with Crippen molar-refractivity contribution in [3.05, 3.63) is 0 Å². The van der Waals surface area contributed by atoms with E-state index in [4.69, 9.17) is 0 Å². The van der Waals surface area contributed by atoms with Crippen molar-refractivity contribution in [3.8, 4) is 0 Å². The molecule has 0 aliphatic heterocycles. The lowest BCUT2D eigenvalue weighted by atomic mass is 9.58. The van der Waals surface area contributed by atoms with Gasteiger partial charge >= 0.3 is 0 Å². The quantitative estimate of drug-likeness (QED) is 0.702. The van der Waals surface area contributed by atoms with Crippen molar-refractivity contribution >= 4 is 0 Å². The summed E-state index contributed by atoms with van der Waals surface area (Å²) < 4.78 is 0. The third-order valence-electron chi connectivity index (χ3n) is 5.03. The molecule has 2 aliphatic carbocycles. The largest absolute Gasteiger partial charge is 0.393 e. The van der Waals surface area contributed by atoms with E-state index in [1.54, 1.807) is 0 Å². The maximum Gasteiger partial charge on any atom is 0.0576 e. The van der Waals surface area contributed by atoms with Gasteiger partial charge in [0.1, 0.15) is 0 Å². The molecule has 2 aliphatic rings. The fourth-order valence-corrected chi connectivity index (χ4v) is 4.34. The minimum atomic E-state index is -0.00792. The number of aliphatic hydroxyl groups is 1. The lowest BCUT2D eigenvalue weighted by Gasteiger charge is -2.48. The monoisotopic (exact) mass is 210 g/mol. The Hall–Kier alpha value is -0.0400. The standard InChI is InChI=1S/C14H26O/c1-4-12-10(3)5-6-11-7-9(2)8-13(15)14(11)12/h9-15H,4-8H2,1-3H3/t9?,10-,11?,12-,13-,14-/m0/s1. The maximum atomic E-state index is 10.3. The van der Waals surface area contributed by atoms with Gasteiger partial charge in [-0.25, -0.2) is 0 Å². The van der Waals surface area contributed by atoms with Crippen molar-refractivity contribution in [3.63, 3.8) is 0 Å². The normalized spacial score (nSPS) is 51.2. The third kappa shape index (κ3) is 2.08. The molecule has 0 aromatic carbocycles. The van der Waals surface area contributed by atoms with Gasteiger partial charge in [0.15, 0.2) is 0 Å². The fourth-order valence-electron chi connectivity index (χ4n) is 4.34. The Kier molecular flexibility index (Phi) is 3.39. The first-order valence-electron chi connectivity index (χ1n) is 6.81. The van der Waals surface area contributed by atoms with Gasteiger partial charge in [0.25, 0.3) is 0 Å². The van der Waals surface area contributed by atoms with E-state index in [0.717, 1.165) is 30.1 Å². The average Bonchev–Trinajstić information content (AvgIpc) is 2.18. The van der Waals surface area contributed by atoms with Gasteiger partial charge in [-0.05, 0) is 48.9 Å². The molecule has 1 N–H and O–H groups in total. The highest BCUT2D eigenvalue weighted by molar-refractivity contribution is 4.93. The van der Waals surface area contributed by atoms with Gasteiger partial charge in [-0.15, -0.1) is 0 Å². The number of hydrogen-bond acceptors (Lipinski definition) is 1. The molecular weight excluding hydrogens is 184 g/mol. The van der Waals surface area contributed by atoms with Gasteiger partial charge in [0, 0.05) is 0 Å². The summed E-state index contributed by atoms with van der Waals surface area (Å²) >= 11 is 0. The minimum Gasteiger partial charge on any atom is -0.393 e. The van der Waals surface area contributed by atoms with Crippen LogP contribution in [-0.4, -0.2) is 11.2 Å². The second-order valence-electron chi connectivity index (χ2n) is 6.11. The maximum absolute atomic E-state index is 10.3. The molecule has 0 aromatic rings. The van der Waals surface area contributed by atoms with Gasteiger partial charge in [0.2, 0.25) is 0 Å². The molecule has 2 fully saturated rings. The van der Waals surface area contributed by atoms with E-state index in [1.807, 2.05) is 0 Å². The SMILES string of the molecule is CC[C@@H]1[C@@H]2C(CC[C@@H]1C)CC(C)C[C@@H]2O. The fraction of sp³-hybridized carbons (Fsp3) is 1.00. The molecule has 15 heavy (non-hydrogen) atoms. The van der Waals surface area contributed by atoms with Crippen LogP contribution in [0.4, 0.5) is 0 Å². The van der Waals surface area contributed by atoms with E-state index in [0.29, 0.717) is 5.92 Å². The summed E-state index contributed by atoms with van der Waals surface area (Å²) in [5, 5.41) is 10.3. The summed E-state index contributed by atoms with van der Waals surface area (Å²) in [5.41, 5.74) is 0. The molecule has 2 unspecified atom stereocenters. The molecule has 0 spiro atoms. The number of rotatable bonds is 1. The summed E-state index contributed by atoms with van der Waals surface area (Å²) in [6.45, 7) is 6.99. The lowest BCUT2D eigenvalue weighted by Crippen LogP contribution is -2.45. The predicted molar refractivity (Wildman–Crippen MR) is 63.6 cm³/mol. The number of aliphatic hydroxyl groups excluding tert-OH is 1. The van der Waals surface area contributed by atoms with Gasteiger partial charge in [-0.1, -0.05) is 33.6 Å². The van der Waals surface area contributed by atoms with E-state index >= 15 is 0 Å². The summed E-state index contributed by atoms with van der Waals surface area (Å²) in [4.78, 5) is 0. The van der Waals surface area contributed by atoms with Crippen LogP contribution in [0.2, 0.25) is 0 Å². The highest BCUT2D eigenvalue weighted by atomic mass is 16.3. The first-order valence-corrected chi connectivity index (χ1v) is 6.81. The molecule has 0 heterocycles. The van der Waals surface area contributed by atoms with Crippen molar-refractivity contribution < 1.29 is 5.11 Å². The highest BCUT2D eigenvalue weighted by Crippen LogP contribution is 2.48. The number of fused-ring (bicyclic) bond motifs is 1. The van der Waals surface area contributed by atoms with E-state index < -0.39 is 0 Å². The van der Waals surface area contributed by atoms with Crippen molar-refractivity contribution in [1.82, 2.24) is 0 Å². The molecule has 0 amide bonds. The summed E-state index contributed by atoms with van der Waals surface area (Å²) in [5.74, 6) is 3.80. The predicted octanol–water partition coefficient (Wildman–Crippen LogP) is 3.47. The van der Waals surface area contributed by atoms with Crippen LogP contribution >= 0.6 is 0 Å². The van der Waals surface area contributed by atoms with Gasteiger partial charge in [0.05, 0.1) is 6.10 Å². The zero-order valence-corrected chi connectivity index (χ0v) is 10.4. The van der Waals surface area contributed by atoms with E-state index in [9.17, 15) is 5.11 Å². The van der Waals surface area contributed by atoms with Crippen LogP contribution in [0, 0.1) is 29.6 Å². The van der Waals surface area contributed by atoms with Gasteiger partial charge in [-0.3, -0.25) is 0 Å². The zero-order chi connectivity index (χ0) is 11.0. The van der Waals surface area contributed by atoms with Crippen LogP contribution in [0.1, 0.15) is 52.9 Å². The summed E-state index contributed by atoms with van der Waals surface area (Å²) in [7, 11) is 0. The molecule has 1 heteroatoms. The van der Waals surface area contributed by atoms with Crippen LogP contribution in [0.3, 0.4) is 0 Å². The molecule has 2 rings (SSSR count). The van der Waals surface area contributed by atoms with Crippen molar-refractivity contribution in [2.75, 3.05) is 0 Å². The smallest absolute Gasteiger partial charge is 0.0576 e. The molecule has 2 saturated carbocycles. The Morgan fingerprint density at radius 1 is 1.13 bits per heavy atom. The van der Waals surface area contributed by atoms with E-state index in [1.165, 1.54) is 25.7 Å². The van der Waals surface area contributed by atoms with E-state index in [2.05, 4.69) is 20.8 Å². The Bertz CT molecular complexity index is 213. The van der Waals surface area contributed by atoms with Crippen LogP contribution in [0.25, 0.3) is 0 Å². The molecule has 0 radical (unpaired) electrons. The summed E-state index contributed by atoms with van der Waals surface area (Å²) in [6.07, 6.45) is 6.41. The van der Waals surface area contributed by atoms with Crippen LogP contribution in [0.5, 0.6) is 0 Å². The minimum absolute atomic E-state index is 0.00792. The Labute approximate surface area is 94.3 Å². The van der Waals surface area contributed by atoms with Crippen molar-refractivity contribution in [2.24, 2.45) is 29.6 Å². The third-order valence-corrected chi connectivity index (χ3v) is 5.03. The number of hydrogen-bond donors (Lipinski definition) is 1. The Morgan fingerprint density at radius 2 is 1.87 bits per heavy atom. The topological polar surface area (TPSA) is 20.2 Å². The second-order valence-corrected chi connectivity index (χ2v) is 6.11. The molecule has 0 saturated heterocycles. The van der Waals surface area contributed by atoms with Gasteiger partial charge < -0.3 is 5.11 Å². The molecular formula is C14H26O. The average molecular weight is 210 g/mol. The lowest BCUT2D eigenvalue weighted by molar-refractivity contribution is -0.0596.